The lowest BCUT2D eigenvalue weighted by molar-refractivity contribution is -0.384. The van der Waals surface area contributed by atoms with Crippen LogP contribution < -0.4 is 4.90 Å². The van der Waals surface area contributed by atoms with Gasteiger partial charge in [0.15, 0.2) is 0 Å². The molecule has 5 heteroatoms. The highest BCUT2D eigenvalue weighted by Crippen LogP contribution is 2.44. The molecular weight excluding hydrogens is 302 g/mol. The molecule has 124 valence electrons. The van der Waals surface area contributed by atoms with E-state index in [1.54, 1.807) is 18.2 Å². The summed E-state index contributed by atoms with van der Waals surface area (Å²) >= 11 is 0. The molecule has 1 saturated carbocycles. The van der Waals surface area contributed by atoms with Crippen molar-refractivity contribution >= 4 is 11.4 Å². The molecule has 2 aliphatic rings. The standard InChI is InChI=1S/C19H21N3O2/c23-22(24)17-8-4-7-16(13-17)20-9-11-21(12-10-20)19-14-18(19)15-5-2-1-3-6-15/h1-8,13,18-19H,9-12,14H2. The van der Waals surface area contributed by atoms with Gasteiger partial charge < -0.3 is 4.90 Å². The maximum absolute atomic E-state index is 10.9. The molecule has 1 aliphatic carbocycles. The molecule has 24 heavy (non-hydrogen) atoms. The first kappa shape index (κ1) is 15.1. The van der Waals surface area contributed by atoms with Crippen molar-refractivity contribution in [2.24, 2.45) is 0 Å². The summed E-state index contributed by atoms with van der Waals surface area (Å²) in [5.41, 5.74) is 2.57. The van der Waals surface area contributed by atoms with Crippen LogP contribution in [0.3, 0.4) is 0 Å². The van der Waals surface area contributed by atoms with Gasteiger partial charge in [0.2, 0.25) is 0 Å². The van der Waals surface area contributed by atoms with E-state index in [0.717, 1.165) is 31.9 Å². The second-order valence-electron chi connectivity index (χ2n) is 6.62. The van der Waals surface area contributed by atoms with E-state index < -0.39 is 0 Å². The van der Waals surface area contributed by atoms with Crippen LogP contribution in [0.1, 0.15) is 17.9 Å². The Balaban J connectivity index is 1.36. The van der Waals surface area contributed by atoms with Gasteiger partial charge in [-0.1, -0.05) is 36.4 Å². The van der Waals surface area contributed by atoms with E-state index >= 15 is 0 Å². The van der Waals surface area contributed by atoms with Crippen LogP contribution in [-0.2, 0) is 0 Å². The van der Waals surface area contributed by atoms with E-state index in [0.29, 0.717) is 12.0 Å². The fourth-order valence-corrected chi connectivity index (χ4v) is 3.76. The maximum Gasteiger partial charge on any atom is 0.271 e. The van der Waals surface area contributed by atoms with Crippen molar-refractivity contribution in [1.29, 1.82) is 0 Å². The minimum Gasteiger partial charge on any atom is -0.369 e. The molecule has 1 heterocycles. The SMILES string of the molecule is O=[N+]([O-])c1cccc(N2CCN(C3CC3c3ccccc3)CC2)c1. The van der Waals surface area contributed by atoms with E-state index in [4.69, 9.17) is 0 Å². The number of rotatable bonds is 4. The van der Waals surface area contributed by atoms with Crippen molar-refractivity contribution in [3.8, 4) is 0 Å². The number of anilines is 1. The molecule has 1 saturated heterocycles. The molecular formula is C19H21N3O2. The summed E-state index contributed by atoms with van der Waals surface area (Å²) in [5.74, 6) is 0.676. The largest absolute Gasteiger partial charge is 0.369 e. The summed E-state index contributed by atoms with van der Waals surface area (Å²) in [6.45, 7) is 3.91. The number of nitro benzene ring substituents is 1. The maximum atomic E-state index is 10.9. The predicted octanol–water partition coefficient (Wildman–Crippen LogP) is 3.27. The van der Waals surface area contributed by atoms with Gasteiger partial charge in [-0.25, -0.2) is 0 Å². The van der Waals surface area contributed by atoms with E-state index in [9.17, 15) is 10.1 Å². The Morgan fingerprint density at radius 2 is 1.71 bits per heavy atom. The molecule has 2 aromatic carbocycles. The summed E-state index contributed by atoms with van der Waals surface area (Å²) in [6.07, 6.45) is 1.25. The van der Waals surface area contributed by atoms with Crippen LogP contribution in [0.4, 0.5) is 11.4 Å². The van der Waals surface area contributed by atoms with Gasteiger partial charge in [0.1, 0.15) is 0 Å². The Kier molecular flexibility index (Phi) is 3.94. The second-order valence-corrected chi connectivity index (χ2v) is 6.62. The minimum atomic E-state index is -0.325. The molecule has 2 fully saturated rings. The third kappa shape index (κ3) is 2.99. The van der Waals surface area contributed by atoms with E-state index in [1.165, 1.54) is 12.0 Å². The van der Waals surface area contributed by atoms with Gasteiger partial charge >= 0.3 is 0 Å². The number of hydrogen-bond donors (Lipinski definition) is 0. The highest BCUT2D eigenvalue weighted by molar-refractivity contribution is 5.53. The van der Waals surface area contributed by atoms with Gasteiger partial charge in [0.25, 0.3) is 5.69 Å². The topological polar surface area (TPSA) is 49.6 Å². The fraction of sp³-hybridized carbons (Fsp3) is 0.368. The lowest BCUT2D eigenvalue weighted by Gasteiger charge is -2.36. The Labute approximate surface area is 141 Å². The predicted molar refractivity (Wildman–Crippen MR) is 94.5 cm³/mol. The summed E-state index contributed by atoms with van der Waals surface area (Å²) in [7, 11) is 0. The molecule has 0 radical (unpaired) electrons. The second kappa shape index (κ2) is 6.24. The Bertz CT molecular complexity index is 726. The first-order valence-electron chi connectivity index (χ1n) is 8.51. The number of piperazine rings is 1. The average molecular weight is 323 g/mol. The molecule has 5 nitrogen and oxygen atoms in total. The first-order chi connectivity index (χ1) is 11.7. The highest BCUT2D eigenvalue weighted by atomic mass is 16.6. The zero-order valence-electron chi connectivity index (χ0n) is 13.5. The average Bonchev–Trinajstić information content (AvgIpc) is 3.43. The van der Waals surface area contributed by atoms with Crippen LogP contribution in [0, 0.1) is 10.1 Å². The monoisotopic (exact) mass is 323 g/mol. The van der Waals surface area contributed by atoms with Gasteiger partial charge in [0, 0.05) is 56.0 Å². The molecule has 0 aromatic heterocycles. The fourth-order valence-electron chi connectivity index (χ4n) is 3.76. The van der Waals surface area contributed by atoms with E-state index in [1.807, 2.05) is 6.07 Å². The summed E-state index contributed by atoms with van der Waals surface area (Å²) < 4.78 is 0. The van der Waals surface area contributed by atoms with Crippen LogP contribution >= 0.6 is 0 Å². The lowest BCUT2D eigenvalue weighted by atomic mass is 10.1. The smallest absolute Gasteiger partial charge is 0.271 e. The third-order valence-corrected chi connectivity index (χ3v) is 5.17. The number of nitro groups is 1. The molecule has 2 atom stereocenters. The van der Waals surface area contributed by atoms with Gasteiger partial charge in [-0.15, -0.1) is 0 Å². The van der Waals surface area contributed by atoms with Crippen LogP contribution in [0.2, 0.25) is 0 Å². The summed E-state index contributed by atoms with van der Waals surface area (Å²) in [6, 6.07) is 18.4. The molecule has 2 unspecified atom stereocenters. The molecule has 0 bridgehead atoms. The molecule has 2 aromatic rings. The molecule has 4 rings (SSSR count). The van der Waals surface area contributed by atoms with Gasteiger partial charge in [-0.05, 0) is 18.1 Å². The number of hydrogen-bond acceptors (Lipinski definition) is 4. The van der Waals surface area contributed by atoms with Gasteiger partial charge in [0.05, 0.1) is 4.92 Å². The Morgan fingerprint density at radius 1 is 0.958 bits per heavy atom. The molecule has 0 amide bonds. The van der Waals surface area contributed by atoms with Crippen LogP contribution in [0.5, 0.6) is 0 Å². The molecule has 0 spiro atoms. The van der Waals surface area contributed by atoms with E-state index in [2.05, 4.69) is 40.1 Å². The van der Waals surface area contributed by atoms with Crippen molar-refractivity contribution in [3.63, 3.8) is 0 Å². The van der Waals surface area contributed by atoms with Crippen molar-refractivity contribution in [1.82, 2.24) is 4.90 Å². The zero-order valence-corrected chi connectivity index (χ0v) is 13.5. The van der Waals surface area contributed by atoms with Crippen LogP contribution in [-0.4, -0.2) is 42.0 Å². The highest BCUT2D eigenvalue weighted by Gasteiger charge is 2.43. The van der Waals surface area contributed by atoms with Crippen molar-refractivity contribution in [3.05, 3.63) is 70.3 Å². The van der Waals surface area contributed by atoms with Crippen LogP contribution in [0.15, 0.2) is 54.6 Å². The number of non-ortho nitro benzene ring substituents is 1. The van der Waals surface area contributed by atoms with E-state index in [-0.39, 0.29) is 10.6 Å². The molecule has 1 aliphatic heterocycles. The summed E-state index contributed by atoms with van der Waals surface area (Å²) in [5, 5.41) is 10.9. The Hall–Kier alpha value is -2.40. The minimum absolute atomic E-state index is 0.168. The van der Waals surface area contributed by atoms with Crippen molar-refractivity contribution < 1.29 is 4.92 Å². The zero-order chi connectivity index (χ0) is 16.5. The molecule has 0 N–H and O–H groups in total. The summed E-state index contributed by atoms with van der Waals surface area (Å²) in [4.78, 5) is 15.4. The van der Waals surface area contributed by atoms with Crippen LogP contribution in [0.25, 0.3) is 0 Å². The van der Waals surface area contributed by atoms with Gasteiger partial charge in [-0.2, -0.15) is 0 Å². The first-order valence-corrected chi connectivity index (χ1v) is 8.51. The van der Waals surface area contributed by atoms with Gasteiger partial charge in [-0.3, -0.25) is 15.0 Å². The lowest BCUT2D eigenvalue weighted by Crippen LogP contribution is -2.47. The third-order valence-electron chi connectivity index (χ3n) is 5.17. The van der Waals surface area contributed by atoms with Crippen molar-refractivity contribution in [2.75, 3.05) is 31.1 Å². The normalized spacial score (nSPS) is 23.9. The quantitative estimate of drug-likeness (QED) is 0.640. The van der Waals surface area contributed by atoms with Crippen molar-refractivity contribution in [2.45, 2.75) is 18.4 Å². The number of nitrogens with zero attached hydrogens (tertiary/aromatic N) is 3. The Morgan fingerprint density at radius 3 is 2.42 bits per heavy atom. The number of benzene rings is 2.